The molecule has 3 aromatic rings. The summed E-state index contributed by atoms with van der Waals surface area (Å²) in [4.78, 5) is 17.7. The lowest BCUT2D eigenvalue weighted by Gasteiger charge is -2.00. The van der Waals surface area contributed by atoms with Gasteiger partial charge in [-0.1, -0.05) is 27.7 Å². The maximum Gasteiger partial charge on any atom is 0.0693 e. The van der Waals surface area contributed by atoms with Crippen molar-refractivity contribution in [1.82, 2.24) is 19.9 Å². The Hall–Kier alpha value is -3.40. The van der Waals surface area contributed by atoms with Crippen molar-refractivity contribution in [3.05, 3.63) is 69.3 Å². The lowest BCUT2D eigenvalue weighted by Crippen LogP contribution is -1.83. The van der Waals surface area contributed by atoms with Crippen LogP contribution in [0.1, 0.15) is 99.4 Å². The molecule has 0 atom stereocenters. The lowest BCUT2D eigenvalue weighted by molar-refractivity contribution is 1.14. The Morgan fingerprint density at radius 3 is 1.19 bits per heavy atom. The Kier molecular flexibility index (Phi) is 6.23. The van der Waals surface area contributed by atoms with Gasteiger partial charge < -0.3 is 9.97 Å². The van der Waals surface area contributed by atoms with Gasteiger partial charge in [0.2, 0.25) is 0 Å². The van der Waals surface area contributed by atoms with Gasteiger partial charge in [0.25, 0.3) is 0 Å². The molecule has 0 aromatic carbocycles. The standard InChI is InChI=1S/C32H38N4/c1-9-21-17(5)25-13-26-19(7)23(11-3)31(35-26)16-32-24(12-4)20(8)28(36-32)14-27-18(6)22(10-2)30(34-27)15-29(21)33-25/h13-16,33,36H,9-12H2,1-8H3. The molecule has 4 nitrogen and oxygen atoms in total. The van der Waals surface area contributed by atoms with E-state index in [0.29, 0.717) is 0 Å². The third kappa shape index (κ3) is 3.75. The number of aromatic amines is 2. The van der Waals surface area contributed by atoms with Crippen LogP contribution in [0, 0.1) is 13.8 Å². The van der Waals surface area contributed by atoms with Crippen molar-refractivity contribution in [2.24, 2.45) is 0 Å². The van der Waals surface area contributed by atoms with Crippen molar-refractivity contribution in [2.45, 2.75) is 81.1 Å². The van der Waals surface area contributed by atoms with E-state index in [-0.39, 0.29) is 0 Å². The fourth-order valence-corrected chi connectivity index (χ4v) is 6.02. The molecule has 0 aliphatic carbocycles. The summed E-state index contributed by atoms with van der Waals surface area (Å²) in [7, 11) is 0. The van der Waals surface area contributed by atoms with E-state index in [4.69, 9.17) is 9.97 Å². The largest absolute Gasteiger partial charge is 0.355 e. The van der Waals surface area contributed by atoms with Crippen LogP contribution < -0.4 is 0 Å². The van der Waals surface area contributed by atoms with Crippen LogP contribution in [0.4, 0.5) is 0 Å². The second kappa shape index (κ2) is 9.24. The van der Waals surface area contributed by atoms with Gasteiger partial charge in [0.15, 0.2) is 0 Å². The molecule has 5 rings (SSSR count). The Balaban J connectivity index is 2.00. The number of fused-ring (bicyclic) bond motifs is 8. The number of hydrogen-bond donors (Lipinski definition) is 2. The number of aryl methyl sites for hydroxylation is 4. The summed E-state index contributed by atoms with van der Waals surface area (Å²) in [5.41, 5.74) is 19.3. The van der Waals surface area contributed by atoms with Gasteiger partial charge in [-0.3, -0.25) is 0 Å². The second-order valence-electron chi connectivity index (χ2n) is 10.1. The summed E-state index contributed by atoms with van der Waals surface area (Å²) in [5.74, 6) is 0. The minimum atomic E-state index is 0.959. The quantitative estimate of drug-likeness (QED) is 0.394. The molecule has 186 valence electrons. The average Bonchev–Trinajstić information content (AvgIpc) is 3.51. The molecule has 0 amide bonds. The zero-order chi connectivity index (χ0) is 25.7. The van der Waals surface area contributed by atoms with E-state index in [9.17, 15) is 0 Å². The van der Waals surface area contributed by atoms with E-state index in [1.165, 1.54) is 44.5 Å². The second-order valence-corrected chi connectivity index (χ2v) is 10.1. The number of rotatable bonds is 4. The van der Waals surface area contributed by atoms with E-state index in [2.05, 4.69) is 89.6 Å². The Labute approximate surface area is 214 Å². The van der Waals surface area contributed by atoms with Crippen molar-refractivity contribution in [3.63, 3.8) is 0 Å². The molecule has 0 fully saturated rings. The molecule has 0 saturated carbocycles. The number of hydrogen-bond acceptors (Lipinski definition) is 2. The van der Waals surface area contributed by atoms with Gasteiger partial charge in [0, 0.05) is 22.1 Å². The van der Waals surface area contributed by atoms with E-state index in [0.717, 1.165) is 70.5 Å². The lowest BCUT2D eigenvalue weighted by atomic mass is 10.0. The van der Waals surface area contributed by atoms with Crippen LogP contribution in [0.2, 0.25) is 0 Å². The summed E-state index contributed by atoms with van der Waals surface area (Å²) in [5, 5.41) is 0. The Bertz CT molecular complexity index is 1480. The summed E-state index contributed by atoms with van der Waals surface area (Å²) in [6, 6.07) is 8.98. The molecular formula is C32H38N4. The summed E-state index contributed by atoms with van der Waals surface area (Å²) >= 11 is 0. The van der Waals surface area contributed by atoms with Gasteiger partial charge >= 0.3 is 0 Å². The van der Waals surface area contributed by atoms with Gasteiger partial charge in [0.1, 0.15) is 0 Å². The van der Waals surface area contributed by atoms with E-state index in [1.54, 1.807) is 0 Å². The highest BCUT2D eigenvalue weighted by Gasteiger charge is 2.19. The molecular weight excluding hydrogens is 440 g/mol. The van der Waals surface area contributed by atoms with Crippen LogP contribution in [0.25, 0.3) is 44.4 Å². The number of H-pyrrole nitrogens is 2. The van der Waals surface area contributed by atoms with Crippen LogP contribution >= 0.6 is 0 Å². The van der Waals surface area contributed by atoms with Gasteiger partial charge in [-0.05, 0) is 122 Å². The van der Waals surface area contributed by atoms with Gasteiger partial charge in [-0.2, -0.15) is 0 Å². The van der Waals surface area contributed by atoms with Crippen LogP contribution in [-0.2, 0) is 12.8 Å². The van der Waals surface area contributed by atoms with Crippen molar-refractivity contribution in [1.29, 1.82) is 0 Å². The molecule has 36 heavy (non-hydrogen) atoms. The predicted octanol–water partition coefficient (Wildman–Crippen LogP) is 8.74. The minimum absolute atomic E-state index is 0.959. The Morgan fingerprint density at radius 1 is 0.500 bits per heavy atom. The molecule has 0 saturated heterocycles. The first-order chi connectivity index (χ1) is 17.3. The maximum atomic E-state index is 5.15. The van der Waals surface area contributed by atoms with Crippen LogP contribution in [0.3, 0.4) is 0 Å². The molecule has 0 radical (unpaired) electrons. The monoisotopic (exact) mass is 478 g/mol. The number of aromatic nitrogens is 4. The number of nitrogens with one attached hydrogen (secondary N) is 2. The molecule has 3 aromatic heterocycles. The average molecular weight is 479 g/mol. The molecule has 0 unspecified atom stereocenters. The fourth-order valence-electron chi connectivity index (χ4n) is 6.02. The van der Waals surface area contributed by atoms with E-state index in [1.807, 2.05) is 0 Å². The van der Waals surface area contributed by atoms with Crippen LogP contribution in [0.15, 0.2) is 24.3 Å². The molecule has 2 N–H and O–H groups in total. The highest BCUT2D eigenvalue weighted by atomic mass is 14.8. The van der Waals surface area contributed by atoms with Crippen molar-refractivity contribution in [2.75, 3.05) is 0 Å². The topological polar surface area (TPSA) is 57.4 Å². The fraction of sp³-hybridized carbons (Fsp3) is 0.375. The van der Waals surface area contributed by atoms with Crippen molar-refractivity contribution >= 4 is 44.4 Å². The first kappa shape index (κ1) is 24.3. The van der Waals surface area contributed by atoms with E-state index >= 15 is 0 Å². The maximum absolute atomic E-state index is 5.15. The predicted molar refractivity (Wildman–Crippen MR) is 155 cm³/mol. The van der Waals surface area contributed by atoms with Crippen molar-refractivity contribution in [3.8, 4) is 0 Å². The summed E-state index contributed by atoms with van der Waals surface area (Å²) < 4.78 is 0. The molecule has 5 heterocycles. The smallest absolute Gasteiger partial charge is 0.0693 e. The number of allylic oxidation sites excluding steroid dienone is 4. The summed E-state index contributed by atoms with van der Waals surface area (Å²) in [6.07, 6.45) is 3.86. The normalized spacial score (nSPS) is 13.8. The summed E-state index contributed by atoms with van der Waals surface area (Å²) in [6.45, 7) is 17.8. The zero-order valence-electron chi connectivity index (χ0n) is 23.0. The SMILES string of the molecule is CCC1=C(C)c2cc3[nH]c(cc4nc(cc5[nH]c(cc1n2)c(CC)c5C)C(C)=C4CC)c(CC)c3C. The van der Waals surface area contributed by atoms with Crippen molar-refractivity contribution < 1.29 is 0 Å². The highest BCUT2D eigenvalue weighted by Crippen LogP contribution is 2.36. The molecule has 2 aliphatic rings. The first-order valence-electron chi connectivity index (χ1n) is 13.4. The Morgan fingerprint density at radius 2 is 0.861 bits per heavy atom. The van der Waals surface area contributed by atoms with Crippen LogP contribution in [0.5, 0.6) is 0 Å². The molecule has 4 heteroatoms. The van der Waals surface area contributed by atoms with Crippen LogP contribution in [-0.4, -0.2) is 19.9 Å². The van der Waals surface area contributed by atoms with Gasteiger partial charge in [-0.15, -0.1) is 0 Å². The third-order valence-electron chi connectivity index (χ3n) is 8.21. The molecule has 2 aliphatic heterocycles. The molecule has 0 spiro atoms. The zero-order valence-corrected chi connectivity index (χ0v) is 23.0. The first-order valence-corrected chi connectivity index (χ1v) is 13.4. The minimum Gasteiger partial charge on any atom is -0.355 e. The molecule has 8 bridgehead atoms. The third-order valence-corrected chi connectivity index (χ3v) is 8.21. The number of nitrogens with zero attached hydrogens (tertiary/aromatic N) is 2. The van der Waals surface area contributed by atoms with Gasteiger partial charge in [0.05, 0.1) is 22.8 Å². The van der Waals surface area contributed by atoms with E-state index < -0.39 is 0 Å². The highest BCUT2D eigenvalue weighted by molar-refractivity contribution is 5.94. The van der Waals surface area contributed by atoms with Gasteiger partial charge in [-0.25, -0.2) is 9.97 Å².